The van der Waals surface area contributed by atoms with E-state index in [2.05, 4.69) is 0 Å². The van der Waals surface area contributed by atoms with Crippen molar-refractivity contribution in [1.29, 1.82) is 0 Å². The molecule has 6 nitrogen and oxygen atoms in total. The van der Waals surface area contributed by atoms with Gasteiger partial charge in [-0.05, 0) is 87.7 Å². The van der Waals surface area contributed by atoms with Crippen LogP contribution in [0.5, 0.6) is 5.75 Å². The van der Waals surface area contributed by atoms with Gasteiger partial charge in [-0.2, -0.15) is 13.2 Å². The molecule has 2 aromatic heterocycles. The van der Waals surface area contributed by atoms with E-state index >= 15 is 0 Å². The van der Waals surface area contributed by atoms with Gasteiger partial charge in [0.2, 0.25) is 0 Å². The summed E-state index contributed by atoms with van der Waals surface area (Å²) in [7, 11) is 0. The highest BCUT2D eigenvalue weighted by atomic mass is 32.1. The molecule has 1 aliphatic heterocycles. The Morgan fingerprint density at radius 3 is 2.50 bits per heavy atom. The number of aromatic nitrogens is 2. The van der Waals surface area contributed by atoms with Gasteiger partial charge in [-0.15, -0.1) is 0 Å². The van der Waals surface area contributed by atoms with Crippen LogP contribution < -0.4 is 9.61 Å². The van der Waals surface area contributed by atoms with Crippen LogP contribution in [0.3, 0.4) is 0 Å². The quantitative estimate of drug-likeness (QED) is 0.192. The number of carbonyl (C=O) groups excluding carboxylic acids is 1. The lowest BCUT2D eigenvalue weighted by Gasteiger charge is -2.29. The van der Waals surface area contributed by atoms with E-state index in [1.807, 2.05) is 52.0 Å². The summed E-state index contributed by atoms with van der Waals surface area (Å²) >= 11 is 1.04. The van der Waals surface area contributed by atoms with Gasteiger partial charge >= 0.3 is 11.0 Å². The topological polar surface area (TPSA) is 70.4 Å². The molecule has 1 aliphatic rings. The SMILES string of the molecule is CC(=O)[C@@H](OC(C)(C)C)c1c(C)cc2c(sc(=O)n2Cc2ccc(C(F)(F)F)cc2)c1-c1ccc2c3c(ccnc13)CCO2. The predicted molar refractivity (Wildman–Crippen MR) is 166 cm³/mol. The summed E-state index contributed by atoms with van der Waals surface area (Å²) in [5, 5.41) is 0.893. The minimum Gasteiger partial charge on any atom is -0.493 e. The highest BCUT2D eigenvalue weighted by Gasteiger charge is 2.33. The highest BCUT2D eigenvalue weighted by Crippen LogP contribution is 2.46. The van der Waals surface area contributed by atoms with Crippen LogP contribution in [0.25, 0.3) is 32.2 Å². The van der Waals surface area contributed by atoms with E-state index in [0.29, 0.717) is 39.0 Å². The Bertz CT molecular complexity index is 1980. The summed E-state index contributed by atoms with van der Waals surface area (Å²) in [6.45, 7) is 9.67. The Morgan fingerprint density at radius 1 is 1.11 bits per heavy atom. The number of Topliss-reactive ketones (excluding diaryl/α,β-unsaturated/α-hetero) is 1. The maximum Gasteiger partial charge on any atom is 0.416 e. The minimum atomic E-state index is -4.45. The first-order chi connectivity index (χ1) is 20.7. The average Bonchev–Trinajstić information content (AvgIpc) is 3.25. The van der Waals surface area contributed by atoms with E-state index < -0.39 is 23.4 Å². The number of halogens is 3. The average molecular weight is 621 g/mol. The Balaban J connectivity index is 1.63. The van der Waals surface area contributed by atoms with Gasteiger partial charge in [0.25, 0.3) is 0 Å². The molecule has 3 aromatic carbocycles. The zero-order chi connectivity index (χ0) is 31.6. The van der Waals surface area contributed by atoms with Crippen molar-refractivity contribution < 1.29 is 27.4 Å². The molecule has 1 atom stereocenters. The number of alkyl halides is 3. The van der Waals surface area contributed by atoms with Gasteiger partial charge in [-0.1, -0.05) is 23.5 Å². The summed E-state index contributed by atoms with van der Waals surface area (Å²) in [6, 6.07) is 12.5. The number of aryl methyl sites for hydroxylation is 1. The number of fused-ring (bicyclic) bond motifs is 1. The van der Waals surface area contributed by atoms with Gasteiger partial charge in [-0.25, -0.2) is 0 Å². The van der Waals surface area contributed by atoms with Gasteiger partial charge in [0.1, 0.15) is 11.9 Å². The molecule has 0 amide bonds. The maximum atomic E-state index is 13.6. The van der Waals surface area contributed by atoms with Crippen molar-refractivity contribution in [3.63, 3.8) is 0 Å². The van der Waals surface area contributed by atoms with Crippen LogP contribution in [0, 0.1) is 6.92 Å². The molecule has 0 radical (unpaired) electrons. The van der Waals surface area contributed by atoms with Crippen molar-refractivity contribution in [2.45, 2.75) is 65.5 Å². The normalized spacial score (nSPS) is 14.2. The van der Waals surface area contributed by atoms with Crippen LogP contribution in [0.1, 0.15) is 61.6 Å². The van der Waals surface area contributed by atoms with Gasteiger partial charge in [0.05, 0.1) is 40.0 Å². The number of hydrogen-bond acceptors (Lipinski definition) is 6. The van der Waals surface area contributed by atoms with Gasteiger partial charge in [0, 0.05) is 34.7 Å². The Morgan fingerprint density at radius 2 is 1.84 bits per heavy atom. The lowest BCUT2D eigenvalue weighted by atomic mass is 9.88. The number of pyridine rings is 1. The molecule has 0 aliphatic carbocycles. The second-order valence-corrected chi connectivity index (χ2v) is 13.1. The summed E-state index contributed by atoms with van der Waals surface area (Å²) in [5.74, 6) is 0.546. The van der Waals surface area contributed by atoms with E-state index in [1.165, 1.54) is 19.1 Å². The molecule has 0 saturated carbocycles. The first kappa shape index (κ1) is 30.0. The molecule has 0 unspecified atom stereocenters. The van der Waals surface area contributed by atoms with Crippen molar-refractivity contribution in [3.05, 3.63) is 92.2 Å². The van der Waals surface area contributed by atoms with Crippen LogP contribution >= 0.6 is 11.3 Å². The molecule has 10 heteroatoms. The fraction of sp³-hybridized carbons (Fsp3) is 0.324. The second-order valence-electron chi connectivity index (χ2n) is 12.1. The third kappa shape index (κ3) is 5.41. The van der Waals surface area contributed by atoms with E-state index in [-0.39, 0.29) is 17.2 Å². The first-order valence-corrected chi connectivity index (χ1v) is 15.1. The predicted octanol–water partition coefficient (Wildman–Crippen LogP) is 8.03. The molecule has 0 spiro atoms. The van der Waals surface area contributed by atoms with Gasteiger partial charge in [-0.3, -0.25) is 19.1 Å². The van der Waals surface area contributed by atoms with E-state index in [0.717, 1.165) is 57.7 Å². The number of hydrogen-bond donors (Lipinski definition) is 0. The lowest BCUT2D eigenvalue weighted by Crippen LogP contribution is -2.27. The molecule has 0 N–H and O–H groups in total. The van der Waals surface area contributed by atoms with E-state index in [4.69, 9.17) is 14.5 Å². The van der Waals surface area contributed by atoms with Crippen LogP contribution in [0.2, 0.25) is 0 Å². The van der Waals surface area contributed by atoms with Gasteiger partial charge < -0.3 is 9.47 Å². The van der Waals surface area contributed by atoms with Crippen LogP contribution in [0.4, 0.5) is 13.2 Å². The molecular formula is C34H31F3N2O4S. The number of carbonyl (C=O) groups is 1. The van der Waals surface area contributed by atoms with E-state index in [9.17, 15) is 22.8 Å². The standard InChI is InChI=1S/C34H31F3N2O4S/c1-18-16-24-31(44-32(41)39(24)17-20-6-8-22(9-7-20)34(35,36)37)28(26(18)30(19(2)40)43-33(3,4)5)23-10-11-25-27-21(13-15-42-25)12-14-38-29(23)27/h6-12,14,16,30H,13,15,17H2,1-5H3/t30-/m1/s1. The molecule has 228 valence electrons. The molecule has 0 fully saturated rings. The molecule has 3 heterocycles. The minimum absolute atomic E-state index is 0.0831. The molecular weight excluding hydrogens is 589 g/mol. The Labute approximate surface area is 256 Å². The molecule has 0 saturated heterocycles. The molecule has 0 bridgehead atoms. The largest absolute Gasteiger partial charge is 0.493 e. The second kappa shape index (κ2) is 10.9. The highest BCUT2D eigenvalue weighted by molar-refractivity contribution is 7.17. The van der Waals surface area contributed by atoms with Crippen LogP contribution in [-0.4, -0.2) is 27.5 Å². The molecule has 6 rings (SSSR count). The fourth-order valence-corrected chi connectivity index (χ4v) is 6.92. The number of nitrogens with zero attached hydrogens (tertiary/aromatic N) is 2. The number of ether oxygens (including phenoxy) is 2. The lowest BCUT2D eigenvalue weighted by molar-refractivity contribution is -0.139. The molecule has 44 heavy (non-hydrogen) atoms. The van der Waals surface area contributed by atoms with Crippen LogP contribution in [0.15, 0.2) is 59.5 Å². The zero-order valence-electron chi connectivity index (χ0n) is 25.0. The first-order valence-electron chi connectivity index (χ1n) is 14.3. The fourth-order valence-electron chi connectivity index (χ4n) is 5.88. The monoisotopic (exact) mass is 620 g/mol. The number of rotatable bonds is 6. The number of benzene rings is 3. The summed E-state index contributed by atoms with van der Waals surface area (Å²) in [4.78, 5) is 31.3. The number of thiazole rings is 1. The Kier molecular flexibility index (Phi) is 7.41. The van der Waals surface area contributed by atoms with Crippen molar-refractivity contribution in [3.8, 4) is 16.9 Å². The zero-order valence-corrected chi connectivity index (χ0v) is 25.8. The third-order valence-electron chi connectivity index (χ3n) is 7.77. The summed E-state index contributed by atoms with van der Waals surface area (Å²) < 4.78 is 54.0. The smallest absolute Gasteiger partial charge is 0.416 e. The molecule has 5 aromatic rings. The van der Waals surface area contributed by atoms with Crippen molar-refractivity contribution in [2.75, 3.05) is 6.61 Å². The van der Waals surface area contributed by atoms with Crippen molar-refractivity contribution in [1.82, 2.24) is 9.55 Å². The number of ketones is 1. The third-order valence-corrected chi connectivity index (χ3v) is 8.78. The van der Waals surface area contributed by atoms with E-state index in [1.54, 1.807) is 10.8 Å². The van der Waals surface area contributed by atoms with Crippen molar-refractivity contribution in [2.24, 2.45) is 0 Å². The summed E-state index contributed by atoms with van der Waals surface area (Å²) in [6.07, 6.45) is -2.88. The Hall–Kier alpha value is -4.02. The van der Waals surface area contributed by atoms with Crippen LogP contribution in [-0.2, 0) is 28.7 Å². The van der Waals surface area contributed by atoms with Crippen molar-refractivity contribution >= 4 is 38.2 Å². The summed E-state index contributed by atoms with van der Waals surface area (Å²) in [5.41, 5.74) is 4.39. The van der Waals surface area contributed by atoms with Gasteiger partial charge in [0.15, 0.2) is 5.78 Å². The maximum absolute atomic E-state index is 13.6.